The highest BCUT2D eigenvalue weighted by atomic mass is 16.5. The minimum atomic E-state index is -0.743. The average Bonchev–Trinajstić information content (AvgIpc) is 2.60. The van der Waals surface area contributed by atoms with Gasteiger partial charge in [-0.15, -0.1) is 0 Å². The quantitative estimate of drug-likeness (QED) is 0.504. The standard InChI is InChI=1S/C19H18O4/c1-13(19(22)15-6-4-3-5-7-15)16(20)10-8-14-9-11-17(21)18(12-14)23-2/h3-13,21H,1-2H3. The van der Waals surface area contributed by atoms with Crippen molar-refractivity contribution in [2.75, 3.05) is 7.11 Å². The predicted octanol–water partition coefficient (Wildman–Crippen LogP) is 3.50. The van der Waals surface area contributed by atoms with Crippen LogP contribution in [0.4, 0.5) is 0 Å². The number of methoxy groups -OCH3 is 1. The Morgan fingerprint density at radius 1 is 1.13 bits per heavy atom. The van der Waals surface area contributed by atoms with Gasteiger partial charge in [-0.05, 0) is 30.7 Å². The summed E-state index contributed by atoms with van der Waals surface area (Å²) in [6.45, 7) is 1.60. The van der Waals surface area contributed by atoms with Crippen molar-refractivity contribution in [3.63, 3.8) is 0 Å². The third-order valence-electron chi connectivity index (χ3n) is 3.52. The first kappa shape index (κ1) is 16.5. The lowest BCUT2D eigenvalue weighted by molar-refractivity contribution is -0.116. The highest BCUT2D eigenvalue weighted by Crippen LogP contribution is 2.26. The highest BCUT2D eigenvalue weighted by Gasteiger charge is 2.20. The molecule has 4 heteroatoms. The van der Waals surface area contributed by atoms with Crippen molar-refractivity contribution >= 4 is 17.6 Å². The molecule has 0 spiro atoms. The van der Waals surface area contributed by atoms with Gasteiger partial charge in [-0.3, -0.25) is 9.59 Å². The number of carbonyl (C=O) groups is 2. The first-order valence-electron chi connectivity index (χ1n) is 7.21. The number of benzene rings is 2. The molecule has 0 aliphatic heterocycles. The van der Waals surface area contributed by atoms with E-state index in [-0.39, 0.29) is 17.3 Å². The Labute approximate surface area is 135 Å². The Hall–Kier alpha value is -2.88. The summed E-state index contributed by atoms with van der Waals surface area (Å²) in [5.41, 5.74) is 1.22. The molecule has 0 fully saturated rings. The number of phenolic OH excluding ortho intramolecular Hbond substituents is 1. The maximum atomic E-state index is 12.2. The number of phenols is 1. The topological polar surface area (TPSA) is 63.6 Å². The number of ether oxygens (including phenoxy) is 1. The Bertz CT molecular complexity index is 732. The van der Waals surface area contributed by atoms with Gasteiger partial charge in [-0.2, -0.15) is 0 Å². The van der Waals surface area contributed by atoms with Gasteiger partial charge in [0.05, 0.1) is 13.0 Å². The van der Waals surface area contributed by atoms with Gasteiger partial charge in [-0.1, -0.05) is 42.5 Å². The van der Waals surface area contributed by atoms with Crippen LogP contribution in [-0.4, -0.2) is 23.8 Å². The van der Waals surface area contributed by atoms with Crippen molar-refractivity contribution in [1.82, 2.24) is 0 Å². The van der Waals surface area contributed by atoms with Gasteiger partial charge in [0.2, 0.25) is 0 Å². The summed E-state index contributed by atoms with van der Waals surface area (Å²) >= 11 is 0. The smallest absolute Gasteiger partial charge is 0.173 e. The molecule has 0 amide bonds. The van der Waals surface area contributed by atoms with Crippen molar-refractivity contribution in [1.29, 1.82) is 0 Å². The number of hydrogen-bond donors (Lipinski definition) is 1. The molecule has 0 aliphatic carbocycles. The van der Waals surface area contributed by atoms with Crippen LogP contribution in [-0.2, 0) is 4.79 Å². The van der Waals surface area contributed by atoms with Gasteiger partial charge >= 0.3 is 0 Å². The molecular formula is C19H18O4. The van der Waals surface area contributed by atoms with Crippen LogP contribution in [0.25, 0.3) is 6.08 Å². The van der Waals surface area contributed by atoms with E-state index in [1.165, 1.54) is 19.3 Å². The molecule has 0 saturated heterocycles. The molecule has 0 radical (unpaired) electrons. The van der Waals surface area contributed by atoms with E-state index in [0.717, 1.165) is 0 Å². The summed E-state index contributed by atoms with van der Waals surface area (Å²) < 4.78 is 5.01. The summed E-state index contributed by atoms with van der Waals surface area (Å²) in [5, 5.41) is 9.54. The summed E-state index contributed by atoms with van der Waals surface area (Å²) in [7, 11) is 1.45. The molecule has 1 atom stereocenters. The molecule has 0 aromatic heterocycles. The molecular weight excluding hydrogens is 292 g/mol. The Balaban J connectivity index is 2.10. The van der Waals surface area contributed by atoms with E-state index in [2.05, 4.69) is 0 Å². The lowest BCUT2D eigenvalue weighted by Gasteiger charge is -2.07. The van der Waals surface area contributed by atoms with Gasteiger partial charge in [0.25, 0.3) is 0 Å². The van der Waals surface area contributed by atoms with Crippen LogP contribution >= 0.6 is 0 Å². The highest BCUT2D eigenvalue weighted by molar-refractivity contribution is 6.14. The van der Waals surface area contributed by atoms with E-state index < -0.39 is 5.92 Å². The zero-order chi connectivity index (χ0) is 16.8. The van der Waals surface area contributed by atoms with Crippen LogP contribution in [0.5, 0.6) is 11.5 Å². The second kappa shape index (κ2) is 7.40. The van der Waals surface area contributed by atoms with Crippen LogP contribution in [0, 0.1) is 5.92 Å². The van der Waals surface area contributed by atoms with Crippen LogP contribution in [0.1, 0.15) is 22.8 Å². The fourth-order valence-corrected chi connectivity index (χ4v) is 2.10. The molecule has 0 saturated carbocycles. The molecule has 4 nitrogen and oxygen atoms in total. The molecule has 1 unspecified atom stereocenters. The van der Waals surface area contributed by atoms with Crippen molar-refractivity contribution in [2.24, 2.45) is 5.92 Å². The number of rotatable bonds is 6. The lowest BCUT2D eigenvalue weighted by Crippen LogP contribution is -2.19. The average molecular weight is 310 g/mol. The summed E-state index contributed by atoms with van der Waals surface area (Å²) in [4.78, 5) is 24.4. The first-order valence-corrected chi connectivity index (χ1v) is 7.21. The van der Waals surface area contributed by atoms with E-state index >= 15 is 0 Å². The molecule has 0 bridgehead atoms. The van der Waals surface area contributed by atoms with Crippen LogP contribution in [0.15, 0.2) is 54.6 Å². The minimum Gasteiger partial charge on any atom is -0.504 e. The molecule has 118 valence electrons. The predicted molar refractivity (Wildman–Crippen MR) is 88.6 cm³/mol. The van der Waals surface area contributed by atoms with Crippen LogP contribution in [0.2, 0.25) is 0 Å². The number of ketones is 2. The molecule has 1 N–H and O–H groups in total. The fraction of sp³-hybridized carbons (Fsp3) is 0.158. The molecule has 0 heterocycles. The van der Waals surface area contributed by atoms with Crippen molar-refractivity contribution in [3.8, 4) is 11.5 Å². The van der Waals surface area contributed by atoms with Gasteiger partial charge in [0.15, 0.2) is 23.1 Å². The van der Waals surface area contributed by atoms with Crippen LogP contribution < -0.4 is 4.74 Å². The number of allylic oxidation sites excluding steroid dienone is 1. The SMILES string of the molecule is COc1cc(C=CC(=O)C(C)C(=O)c2ccccc2)ccc1O. The third-order valence-corrected chi connectivity index (χ3v) is 3.52. The van der Waals surface area contributed by atoms with Crippen molar-refractivity contribution < 1.29 is 19.4 Å². The minimum absolute atomic E-state index is 0.0311. The maximum Gasteiger partial charge on any atom is 0.173 e. The Kier molecular flexibility index (Phi) is 5.31. The number of aromatic hydroxyl groups is 1. The Morgan fingerprint density at radius 2 is 1.83 bits per heavy atom. The van der Waals surface area contributed by atoms with E-state index in [4.69, 9.17) is 4.74 Å². The zero-order valence-corrected chi connectivity index (χ0v) is 13.0. The zero-order valence-electron chi connectivity index (χ0n) is 13.0. The lowest BCUT2D eigenvalue weighted by atomic mass is 9.95. The number of carbonyl (C=O) groups excluding carboxylic acids is 2. The molecule has 2 aromatic carbocycles. The number of hydrogen-bond acceptors (Lipinski definition) is 4. The van der Waals surface area contributed by atoms with Crippen LogP contribution in [0.3, 0.4) is 0 Å². The van der Waals surface area contributed by atoms with E-state index in [0.29, 0.717) is 16.9 Å². The summed E-state index contributed by atoms with van der Waals surface area (Å²) in [6.07, 6.45) is 2.97. The second-order valence-electron chi connectivity index (χ2n) is 5.12. The van der Waals surface area contributed by atoms with Gasteiger partial charge < -0.3 is 9.84 Å². The molecule has 23 heavy (non-hydrogen) atoms. The van der Waals surface area contributed by atoms with Gasteiger partial charge in [0, 0.05) is 5.56 Å². The third kappa shape index (κ3) is 4.07. The van der Waals surface area contributed by atoms with Gasteiger partial charge in [0.1, 0.15) is 0 Å². The van der Waals surface area contributed by atoms with E-state index in [9.17, 15) is 14.7 Å². The molecule has 2 rings (SSSR count). The first-order chi connectivity index (χ1) is 11.0. The molecule has 0 aliphatic rings. The van der Waals surface area contributed by atoms with Crippen molar-refractivity contribution in [2.45, 2.75) is 6.92 Å². The fourth-order valence-electron chi connectivity index (χ4n) is 2.10. The van der Waals surface area contributed by atoms with E-state index in [1.54, 1.807) is 49.4 Å². The maximum absolute atomic E-state index is 12.2. The normalized spacial score (nSPS) is 12.1. The molecule has 2 aromatic rings. The second-order valence-corrected chi connectivity index (χ2v) is 5.12. The Morgan fingerprint density at radius 3 is 2.48 bits per heavy atom. The van der Waals surface area contributed by atoms with Gasteiger partial charge in [-0.25, -0.2) is 0 Å². The van der Waals surface area contributed by atoms with E-state index in [1.807, 2.05) is 6.07 Å². The monoisotopic (exact) mass is 310 g/mol. The number of Topliss-reactive ketones (excluding diaryl/α,β-unsaturated/α-hetero) is 1. The summed E-state index contributed by atoms with van der Waals surface area (Å²) in [6, 6.07) is 13.5. The summed E-state index contributed by atoms with van der Waals surface area (Å²) in [5.74, 6) is -0.862. The largest absolute Gasteiger partial charge is 0.504 e. The van der Waals surface area contributed by atoms with Crippen molar-refractivity contribution in [3.05, 3.63) is 65.7 Å².